The largest absolute Gasteiger partial charge is 0.303 e. The first-order valence-corrected chi connectivity index (χ1v) is 8.00. The Hall–Kier alpha value is -0.820. The number of rotatable bonds is 6. The Labute approximate surface area is 119 Å². The Morgan fingerprint density at radius 2 is 1.79 bits per heavy atom. The van der Waals surface area contributed by atoms with Crippen LogP contribution in [-0.2, 0) is 6.42 Å². The molecular formula is C18H29N. The molecule has 0 N–H and O–H groups in total. The minimum atomic E-state index is 0.798. The zero-order chi connectivity index (χ0) is 13.5. The molecule has 0 aromatic heterocycles. The highest BCUT2D eigenvalue weighted by atomic mass is 15.1. The van der Waals surface area contributed by atoms with Gasteiger partial charge in [-0.2, -0.15) is 0 Å². The molecule has 1 aliphatic carbocycles. The van der Waals surface area contributed by atoms with Crippen molar-refractivity contribution in [1.82, 2.24) is 4.90 Å². The van der Waals surface area contributed by atoms with E-state index in [1.54, 1.807) is 0 Å². The van der Waals surface area contributed by atoms with Gasteiger partial charge in [-0.05, 0) is 44.2 Å². The molecule has 1 aromatic carbocycles. The molecule has 0 spiro atoms. The molecule has 1 fully saturated rings. The summed E-state index contributed by atoms with van der Waals surface area (Å²) in [6, 6.07) is 11.7. The summed E-state index contributed by atoms with van der Waals surface area (Å²) in [7, 11) is 2.33. The highest BCUT2D eigenvalue weighted by Crippen LogP contribution is 2.22. The van der Waals surface area contributed by atoms with Crippen LogP contribution in [0.3, 0.4) is 0 Å². The number of hydrogen-bond donors (Lipinski definition) is 0. The van der Waals surface area contributed by atoms with Crippen molar-refractivity contribution in [2.75, 3.05) is 13.6 Å². The first-order valence-electron chi connectivity index (χ1n) is 8.00. The monoisotopic (exact) mass is 259 g/mol. The van der Waals surface area contributed by atoms with Crippen molar-refractivity contribution >= 4 is 0 Å². The second kappa shape index (κ2) is 7.69. The second-order valence-electron chi connectivity index (χ2n) is 6.36. The summed E-state index contributed by atoms with van der Waals surface area (Å²) in [5.41, 5.74) is 1.48. The van der Waals surface area contributed by atoms with Crippen LogP contribution in [0.15, 0.2) is 30.3 Å². The molecule has 1 aliphatic rings. The van der Waals surface area contributed by atoms with E-state index in [1.165, 1.54) is 57.1 Å². The molecular weight excluding hydrogens is 230 g/mol. The maximum Gasteiger partial charge on any atom is 0.00923 e. The van der Waals surface area contributed by atoms with Crippen LogP contribution in [0.4, 0.5) is 0 Å². The van der Waals surface area contributed by atoms with Gasteiger partial charge in [-0.1, -0.05) is 56.5 Å². The van der Waals surface area contributed by atoms with E-state index in [4.69, 9.17) is 0 Å². The molecule has 1 heteroatoms. The summed E-state index contributed by atoms with van der Waals surface area (Å²) >= 11 is 0. The van der Waals surface area contributed by atoms with E-state index in [0.29, 0.717) is 0 Å². The molecule has 0 bridgehead atoms. The maximum atomic E-state index is 2.62. The van der Waals surface area contributed by atoms with E-state index in [1.807, 2.05) is 0 Å². The van der Waals surface area contributed by atoms with Crippen molar-refractivity contribution < 1.29 is 0 Å². The lowest BCUT2D eigenvalue weighted by molar-refractivity contribution is 0.167. The SMILES string of the molecule is CC(CCc1ccccc1)CN(C)C1CCCCC1. The molecule has 1 aromatic rings. The Morgan fingerprint density at radius 3 is 2.47 bits per heavy atom. The van der Waals surface area contributed by atoms with E-state index < -0.39 is 0 Å². The average molecular weight is 259 g/mol. The standard InChI is InChI=1S/C18H29N/c1-16(13-14-17-9-5-3-6-10-17)15-19(2)18-11-7-4-8-12-18/h3,5-6,9-10,16,18H,4,7-8,11-15H2,1-2H3. The van der Waals surface area contributed by atoms with E-state index in [2.05, 4.69) is 49.2 Å². The normalized spacial score (nSPS) is 18.7. The summed E-state index contributed by atoms with van der Waals surface area (Å²) in [4.78, 5) is 2.62. The number of aryl methyl sites for hydroxylation is 1. The summed E-state index contributed by atoms with van der Waals surface area (Å²) in [5, 5.41) is 0. The van der Waals surface area contributed by atoms with E-state index >= 15 is 0 Å². The van der Waals surface area contributed by atoms with E-state index in [-0.39, 0.29) is 0 Å². The van der Waals surface area contributed by atoms with Crippen molar-refractivity contribution in [3.8, 4) is 0 Å². The second-order valence-corrected chi connectivity index (χ2v) is 6.36. The van der Waals surface area contributed by atoms with Crippen LogP contribution < -0.4 is 0 Å². The van der Waals surface area contributed by atoms with Gasteiger partial charge in [0.15, 0.2) is 0 Å². The Kier molecular flexibility index (Phi) is 5.91. The molecule has 106 valence electrons. The first kappa shape index (κ1) is 14.6. The quantitative estimate of drug-likeness (QED) is 0.726. The summed E-state index contributed by atoms with van der Waals surface area (Å²) < 4.78 is 0. The lowest BCUT2D eigenvalue weighted by atomic mass is 9.93. The minimum absolute atomic E-state index is 0.798. The predicted molar refractivity (Wildman–Crippen MR) is 83.4 cm³/mol. The zero-order valence-electron chi connectivity index (χ0n) is 12.6. The fourth-order valence-electron chi connectivity index (χ4n) is 3.31. The summed E-state index contributed by atoms with van der Waals surface area (Å²) in [6.07, 6.45) is 9.69. The number of hydrogen-bond acceptors (Lipinski definition) is 1. The molecule has 1 atom stereocenters. The highest BCUT2D eigenvalue weighted by Gasteiger charge is 2.19. The third kappa shape index (κ3) is 4.99. The van der Waals surface area contributed by atoms with Crippen molar-refractivity contribution in [3.63, 3.8) is 0 Å². The van der Waals surface area contributed by atoms with Gasteiger partial charge in [-0.15, -0.1) is 0 Å². The highest BCUT2D eigenvalue weighted by molar-refractivity contribution is 5.14. The van der Waals surface area contributed by atoms with Crippen LogP contribution in [-0.4, -0.2) is 24.5 Å². The van der Waals surface area contributed by atoms with Crippen LogP contribution in [0.5, 0.6) is 0 Å². The fourth-order valence-corrected chi connectivity index (χ4v) is 3.31. The van der Waals surface area contributed by atoms with Crippen molar-refractivity contribution in [1.29, 1.82) is 0 Å². The van der Waals surface area contributed by atoms with Crippen LogP contribution >= 0.6 is 0 Å². The first-order chi connectivity index (χ1) is 9.25. The van der Waals surface area contributed by atoms with Gasteiger partial charge in [0.1, 0.15) is 0 Å². The molecule has 0 aliphatic heterocycles. The molecule has 0 saturated heterocycles. The summed E-state index contributed by atoms with van der Waals surface area (Å²) in [5.74, 6) is 0.798. The smallest absolute Gasteiger partial charge is 0.00923 e. The Bertz CT molecular complexity index is 340. The van der Waals surface area contributed by atoms with Crippen LogP contribution in [0.1, 0.15) is 51.0 Å². The van der Waals surface area contributed by atoms with Crippen LogP contribution in [0.25, 0.3) is 0 Å². The van der Waals surface area contributed by atoms with Gasteiger partial charge in [0, 0.05) is 12.6 Å². The van der Waals surface area contributed by atoms with Crippen molar-refractivity contribution in [2.24, 2.45) is 5.92 Å². The zero-order valence-corrected chi connectivity index (χ0v) is 12.6. The number of nitrogens with zero attached hydrogens (tertiary/aromatic N) is 1. The van der Waals surface area contributed by atoms with Gasteiger partial charge >= 0.3 is 0 Å². The van der Waals surface area contributed by atoms with E-state index in [0.717, 1.165) is 12.0 Å². The fraction of sp³-hybridized carbons (Fsp3) is 0.667. The third-order valence-corrected chi connectivity index (χ3v) is 4.57. The molecule has 1 saturated carbocycles. The molecule has 19 heavy (non-hydrogen) atoms. The molecule has 0 amide bonds. The average Bonchev–Trinajstić information content (AvgIpc) is 2.47. The maximum absolute atomic E-state index is 2.62. The molecule has 2 rings (SSSR count). The summed E-state index contributed by atoms with van der Waals surface area (Å²) in [6.45, 7) is 3.67. The van der Waals surface area contributed by atoms with Crippen LogP contribution in [0.2, 0.25) is 0 Å². The van der Waals surface area contributed by atoms with Crippen molar-refractivity contribution in [2.45, 2.75) is 57.9 Å². The lowest BCUT2D eigenvalue weighted by Crippen LogP contribution is -2.36. The molecule has 0 radical (unpaired) electrons. The van der Waals surface area contributed by atoms with Gasteiger partial charge in [0.05, 0.1) is 0 Å². The third-order valence-electron chi connectivity index (χ3n) is 4.57. The topological polar surface area (TPSA) is 3.24 Å². The van der Waals surface area contributed by atoms with Gasteiger partial charge in [-0.25, -0.2) is 0 Å². The van der Waals surface area contributed by atoms with Gasteiger partial charge in [0.25, 0.3) is 0 Å². The molecule has 0 heterocycles. The Balaban J connectivity index is 1.70. The van der Waals surface area contributed by atoms with E-state index in [9.17, 15) is 0 Å². The van der Waals surface area contributed by atoms with Gasteiger partial charge in [0.2, 0.25) is 0 Å². The minimum Gasteiger partial charge on any atom is -0.303 e. The van der Waals surface area contributed by atoms with Gasteiger partial charge in [-0.3, -0.25) is 0 Å². The predicted octanol–water partition coefficient (Wildman–Crippen LogP) is 4.52. The van der Waals surface area contributed by atoms with Gasteiger partial charge < -0.3 is 4.90 Å². The van der Waals surface area contributed by atoms with Crippen molar-refractivity contribution in [3.05, 3.63) is 35.9 Å². The molecule has 1 nitrogen and oxygen atoms in total. The number of benzene rings is 1. The Morgan fingerprint density at radius 1 is 1.11 bits per heavy atom. The lowest BCUT2D eigenvalue weighted by Gasteiger charge is -2.33. The molecule has 1 unspecified atom stereocenters. The van der Waals surface area contributed by atoms with Crippen LogP contribution in [0, 0.1) is 5.92 Å².